The summed E-state index contributed by atoms with van der Waals surface area (Å²) in [6.45, 7) is 4.64. The first-order valence-electron chi connectivity index (χ1n) is 7.56. The number of carbonyl (C=O) groups is 2. The van der Waals surface area contributed by atoms with Crippen molar-refractivity contribution in [3.8, 4) is 0 Å². The highest BCUT2D eigenvalue weighted by Gasteiger charge is 2.20. The minimum atomic E-state index is -0.131. The zero-order valence-corrected chi connectivity index (χ0v) is 13.4. The van der Waals surface area contributed by atoms with Crippen LogP contribution in [0.3, 0.4) is 0 Å². The second-order valence-corrected chi connectivity index (χ2v) is 5.49. The van der Waals surface area contributed by atoms with Crippen LogP contribution in [0.4, 0.5) is 0 Å². The fourth-order valence-electron chi connectivity index (χ4n) is 2.16. The van der Waals surface area contributed by atoms with Gasteiger partial charge in [0.2, 0.25) is 5.91 Å². The van der Waals surface area contributed by atoms with Gasteiger partial charge in [-0.05, 0) is 31.5 Å². The maximum absolute atomic E-state index is 12.4. The molecule has 2 aromatic rings. The number of hydrogen-bond acceptors (Lipinski definition) is 4. The predicted octanol–water partition coefficient (Wildman–Crippen LogP) is 2.23. The van der Waals surface area contributed by atoms with E-state index in [-0.39, 0.29) is 24.3 Å². The molecule has 0 unspecified atom stereocenters. The summed E-state index contributed by atoms with van der Waals surface area (Å²) in [5, 5.41) is 2.83. The Morgan fingerprint density at radius 2 is 2.17 bits per heavy atom. The van der Waals surface area contributed by atoms with E-state index in [1.807, 2.05) is 26.0 Å². The Morgan fingerprint density at radius 1 is 1.35 bits per heavy atom. The monoisotopic (exact) mass is 315 g/mol. The zero-order chi connectivity index (χ0) is 16.7. The minimum absolute atomic E-state index is 0.00326. The average Bonchev–Trinajstić information content (AvgIpc) is 3.08. The lowest BCUT2D eigenvalue weighted by Gasteiger charge is -2.26. The minimum Gasteiger partial charge on any atom is -0.472 e. The Hall–Kier alpha value is -2.63. The topological polar surface area (TPSA) is 75.4 Å². The van der Waals surface area contributed by atoms with Crippen LogP contribution >= 0.6 is 0 Å². The lowest BCUT2D eigenvalue weighted by molar-refractivity contribution is -0.121. The summed E-state index contributed by atoms with van der Waals surface area (Å²) in [6.07, 6.45) is 6.53. The van der Waals surface area contributed by atoms with Crippen molar-refractivity contribution in [1.82, 2.24) is 15.2 Å². The van der Waals surface area contributed by atoms with Crippen molar-refractivity contribution in [2.45, 2.75) is 32.9 Å². The number of hydrogen-bond donors (Lipinski definition) is 1. The normalized spacial score (nSPS) is 10.6. The van der Waals surface area contributed by atoms with Crippen molar-refractivity contribution in [3.63, 3.8) is 0 Å². The fraction of sp³-hybridized carbons (Fsp3) is 0.353. The quantitative estimate of drug-likeness (QED) is 0.850. The number of aromatic nitrogens is 1. The van der Waals surface area contributed by atoms with E-state index in [1.54, 1.807) is 23.4 Å². The first-order valence-corrected chi connectivity index (χ1v) is 7.56. The number of amides is 2. The molecule has 6 heteroatoms. The van der Waals surface area contributed by atoms with E-state index >= 15 is 0 Å². The van der Waals surface area contributed by atoms with E-state index in [2.05, 4.69) is 10.3 Å². The first-order chi connectivity index (χ1) is 11.1. The van der Waals surface area contributed by atoms with Crippen LogP contribution in [0.2, 0.25) is 0 Å². The van der Waals surface area contributed by atoms with E-state index in [0.717, 1.165) is 5.56 Å². The predicted molar refractivity (Wildman–Crippen MR) is 85.6 cm³/mol. The van der Waals surface area contributed by atoms with E-state index in [4.69, 9.17) is 4.42 Å². The van der Waals surface area contributed by atoms with Crippen molar-refractivity contribution < 1.29 is 14.0 Å². The molecule has 0 bridgehead atoms. The van der Waals surface area contributed by atoms with Crippen LogP contribution in [0, 0.1) is 0 Å². The van der Waals surface area contributed by atoms with Crippen molar-refractivity contribution >= 4 is 11.8 Å². The average molecular weight is 315 g/mol. The molecule has 0 aliphatic heterocycles. The number of nitrogens with zero attached hydrogens (tertiary/aromatic N) is 2. The number of pyridine rings is 1. The molecular formula is C17H21N3O3. The molecule has 23 heavy (non-hydrogen) atoms. The van der Waals surface area contributed by atoms with Gasteiger partial charge in [0.05, 0.1) is 11.8 Å². The molecule has 0 radical (unpaired) electrons. The van der Waals surface area contributed by atoms with Crippen molar-refractivity contribution in [3.05, 3.63) is 54.2 Å². The van der Waals surface area contributed by atoms with Gasteiger partial charge in [-0.3, -0.25) is 14.6 Å². The Morgan fingerprint density at radius 3 is 2.78 bits per heavy atom. The smallest absolute Gasteiger partial charge is 0.257 e. The molecular weight excluding hydrogens is 294 g/mol. The third-order valence-corrected chi connectivity index (χ3v) is 3.44. The lowest BCUT2D eigenvalue weighted by Crippen LogP contribution is -2.39. The molecule has 2 rings (SSSR count). The van der Waals surface area contributed by atoms with Crippen LogP contribution in [0.1, 0.15) is 36.2 Å². The third-order valence-electron chi connectivity index (χ3n) is 3.44. The molecule has 1 N–H and O–H groups in total. The van der Waals surface area contributed by atoms with Gasteiger partial charge < -0.3 is 14.6 Å². The van der Waals surface area contributed by atoms with Crippen molar-refractivity contribution in [2.75, 3.05) is 6.54 Å². The Labute approximate surface area is 135 Å². The molecule has 0 saturated carbocycles. The fourth-order valence-corrected chi connectivity index (χ4v) is 2.16. The summed E-state index contributed by atoms with van der Waals surface area (Å²) in [5.41, 5.74) is 1.44. The molecule has 0 aromatic carbocycles. The SMILES string of the molecule is CC(C)N(CCC(=O)NCc1cccnc1)C(=O)c1ccoc1. The molecule has 0 saturated heterocycles. The van der Waals surface area contributed by atoms with Gasteiger partial charge >= 0.3 is 0 Å². The maximum atomic E-state index is 12.4. The first kappa shape index (κ1) is 16.7. The molecule has 2 amide bonds. The highest BCUT2D eigenvalue weighted by atomic mass is 16.3. The van der Waals surface area contributed by atoms with Gasteiger partial charge in [-0.15, -0.1) is 0 Å². The van der Waals surface area contributed by atoms with Gasteiger partial charge in [-0.2, -0.15) is 0 Å². The zero-order valence-electron chi connectivity index (χ0n) is 13.4. The molecule has 0 atom stereocenters. The standard InChI is InChI=1S/C17H21N3O3/c1-13(2)20(17(22)15-6-9-23-12-15)8-5-16(21)19-11-14-4-3-7-18-10-14/h3-4,6-7,9-10,12-13H,5,8,11H2,1-2H3,(H,19,21). The largest absolute Gasteiger partial charge is 0.472 e. The molecule has 0 aliphatic carbocycles. The molecule has 2 aromatic heterocycles. The number of furan rings is 1. The Kier molecular flexibility index (Phi) is 5.91. The summed E-state index contributed by atoms with van der Waals surface area (Å²) in [5.74, 6) is -0.228. The van der Waals surface area contributed by atoms with Crippen LogP contribution in [0.5, 0.6) is 0 Å². The molecule has 122 valence electrons. The van der Waals surface area contributed by atoms with Crippen LogP contribution in [-0.4, -0.2) is 34.3 Å². The van der Waals surface area contributed by atoms with E-state index in [9.17, 15) is 9.59 Å². The second kappa shape index (κ2) is 8.12. The van der Waals surface area contributed by atoms with Crippen LogP contribution in [0.15, 0.2) is 47.5 Å². The van der Waals surface area contributed by atoms with Gasteiger partial charge in [-0.25, -0.2) is 0 Å². The van der Waals surface area contributed by atoms with E-state index < -0.39 is 0 Å². The number of rotatable bonds is 7. The van der Waals surface area contributed by atoms with Gasteiger partial charge in [-0.1, -0.05) is 6.07 Å². The van der Waals surface area contributed by atoms with Crippen LogP contribution in [0.25, 0.3) is 0 Å². The summed E-state index contributed by atoms with van der Waals surface area (Å²) >= 11 is 0. The molecule has 0 spiro atoms. The second-order valence-electron chi connectivity index (χ2n) is 5.49. The van der Waals surface area contributed by atoms with Crippen molar-refractivity contribution in [1.29, 1.82) is 0 Å². The maximum Gasteiger partial charge on any atom is 0.257 e. The number of carbonyl (C=O) groups excluding carboxylic acids is 2. The summed E-state index contributed by atoms with van der Waals surface area (Å²) in [7, 11) is 0. The molecule has 6 nitrogen and oxygen atoms in total. The highest BCUT2D eigenvalue weighted by Crippen LogP contribution is 2.10. The summed E-state index contributed by atoms with van der Waals surface area (Å²) in [6, 6.07) is 5.35. The van der Waals surface area contributed by atoms with Gasteiger partial charge in [0.1, 0.15) is 6.26 Å². The van der Waals surface area contributed by atoms with Crippen LogP contribution in [-0.2, 0) is 11.3 Å². The van der Waals surface area contributed by atoms with E-state index in [1.165, 1.54) is 12.5 Å². The Balaban J connectivity index is 1.84. The molecule has 0 aliphatic rings. The third kappa shape index (κ3) is 4.95. The van der Waals surface area contributed by atoms with Gasteiger partial charge in [0.25, 0.3) is 5.91 Å². The summed E-state index contributed by atoms with van der Waals surface area (Å²) in [4.78, 5) is 30.0. The van der Waals surface area contributed by atoms with Gasteiger partial charge in [0.15, 0.2) is 0 Å². The van der Waals surface area contributed by atoms with Crippen molar-refractivity contribution in [2.24, 2.45) is 0 Å². The highest BCUT2D eigenvalue weighted by molar-refractivity contribution is 5.94. The van der Waals surface area contributed by atoms with E-state index in [0.29, 0.717) is 18.7 Å². The van der Waals surface area contributed by atoms with Crippen LogP contribution < -0.4 is 5.32 Å². The lowest BCUT2D eigenvalue weighted by atomic mass is 10.2. The molecule has 2 heterocycles. The number of nitrogens with one attached hydrogen (secondary N) is 1. The summed E-state index contributed by atoms with van der Waals surface area (Å²) < 4.78 is 4.95. The Bertz CT molecular complexity index is 624. The molecule has 0 fully saturated rings. The van der Waals surface area contributed by atoms with Gasteiger partial charge in [0, 0.05) is 37.9 Å².